The predicted molar refractivity (Wildman–Crippen MR) is 92.9 cm³/mol. The normalized spacial score (nSPS) is 12.9. The minimum Gasteiger partial charge on any atom is -0.387 e. The third-order valence-corrected chi connectivity index (χ3v) is 4.28. The van der Waals surface area contributed by atoms with Crippen molar-refractivity contribution in [2.24, 2.45) is 0 Å². The van der Waals surface area contributed by atoms with E-state index in [4.69, 9.17) is 0 Å². The third kappa shape index (κ3) is 4.43. The molecule has 22 heavy (non-hydrogen) atoms. The summed E-state index contributed by atoms with van der Waals surface area (Å²) in [6.45, 7) is 10.1. The fraction of sp³-hybridized carbons (Fsp3) is 0.400. The molecule has 0 saturated heterocycles. The van der Waals surface area contributed by atoms with Crippen molar-refractivity contribution in [1.82, 2.24) is 4.90 Å². The van der Waals surface area contributed by atoms with Gasteiger partial charge in [0, 0.05) is 19.1 Å². The average molecular weight is 297 g/mol. The average Bonchev–Trinajstić information content (AvgIpc) is 2.50. The quantitative estimate of drug-likeness (QED) is 0.861. The summed E-state index contributed by atoms with van der Waals surface area (Å²) in [6.07, 6.45) is -0.453. The Morgan fingerprint density at radius 1 is 0.955 bits per heavy atom. The molecule has 2 aromatic rings. The van der Waals surface area contributed by atoms with Crippen LogP contribution in [0.4, 0.5) is 0 Å². The predicted octanol–water partition coefficient (Wildman–Crippen LogP) is 4.25. The van der Waals surface area contributed by atoms with Crippen molar-refractivity contribution in [2.45, 2.75) is 46.4 Å². The van der Waals surface area contributed by atoms with E-state index < -0.39 is 6.10 Å². The van der Waals surface area contributed by atoms with E-state index in [9.17, 15) is 5.11 Å². The highest BCUT2D eigenvalue weighted by atomic mass is 16.3. The smallest absolute Gasteiger partial charge is 0.0917 e. The zero-order valence-corrected chi connectivity index (χ0v) is 14.1. The molecule has 0 saturated carbocycles. The summed E-state index contributed by atoms with van der Waals surface area (Å²) in [4.78, 5) is 2.31. The lowest BCUT2D eigenvalue weighted by molar-refractivity contribution is 0.0907. The lowest BCUT2D eigenvalue weighted by Crippen LogP contribution is -2.34. The fourth-order valence-corrected chi connectivity index (χ4v) is 2.58. The van der Waals surface area contributed by atoms with Crippen molar-refractivity contribution in [1.29, 1.82) is 0 Å². The van der Waals surface area contributed by atoms with Crippen LogP contribution in [-0.4, -0.2) is 22.6 Å². The SMILES string of the molecule is Cc1ccc(C(O)CN(Cc2ccccc2)C(C)C)cc1C. The molecule has 0 heterocycles. The summed E-state index contributed by atoms with van der Waals surface area (Å²) in [7, 11) is 0. The van der Waals surface area contributed by atoms with E-state index in [0.29, 0.717) is 12.6 Å². The van der Waals surface area contributed by atoms with E-state index in [-0.39, 0.29) is 0 Å². The standard InChI is InChI=1S/C20H27NO/c1-15(2)21(13-18-8-6-5-7-9-18)14-20(22)19-11-10-16(3)17(4)12-19/h5-12,15,20,22H,13-14H2,1-4H3. The van der Waals surface area contributed by atoms with Crippen LogP contribution in [0.2, 0.25) is 0 Å². The van der Waals surface area contributed by atoms with Crippen molar-refractivity contribution < 1.29 is 5.11 Å². The molecule has 118 valence electrons. The Balaban J connectivity index is 2.08. The van der Waals surface area contributed by atoms with Gasteiger partial charge < -0.3 is 5.11 Å². The summed E-state index contributed by atoms with van der Waals surface area (Å²) < 4.78 is 0. The highest BCUT2D eigenvalue weighted by Crippen LogP contribution is 2.20. The Kier molecular flexibility index (Phi) is 5.76. The van der Waals surface area contributed by atoms with E-state index in [1.165, 1.54) is 16.7 Å². The number of hydrogen-bond acceptors (Lipinski definition) is 2. The van der Waals surface area contributed by atoms with E-state index in [2.05, 4.69) is 69.0 Å². The van der Waals surface area contributed by atoms with Crippen molar-refractivity contribution in [3.63, 3.8) is 0 Å². The number of hydrogen-bond donors (Lipinski definition) is 1. The molecule has 0 radical (unpaired) electrons. The monoisotopic (exact) mass is 297 g/mol. The highest BCUT2D eigenvalue weighted by molar-refractivity contribution is 5.31. The van der Waals surface area contributed by atoms with Gasteiger partial charge >= 0.3 is 0 Å². The zero-order valence-electron chi connectivity index (χ0n) is 14.1. The van der Waals surface area contributed by atoms with E-state index >= 15 is 0 Å². The van der Waals surface area contributed by atoms with Gasteiger partial charge in [-0.05, 0) is 49.9 Å². The lowest BCUT2D eigenvalue weighted by Gasteiger charge is -2.29. The molecule has 0 amide bonds. The summed E-state index contributed by atoms with van der Waals surface area (Å²) in [5.41, 5.74) is 4.78. The maximum absolute atomic E-state index is 10.6. The van der Waals surface area contributed by atoms with Gasteiger partial charge in [0.15, 0.2) is 0 Å². The Morgan fingerprint density at radius 3 is 2.23 bits per heavy atom. The second-order valence-corrected chi connectivity index (χ2v) is 6.37. The molecule has 2 heteroatoms. The molecule has 0 bridgehead atoms. The first kappa shape index (κ1) is 16.7. The van der Waals surface area contributed by atoms with Gasteiger partial charge in [0.25, 0.3) is 0 Å². The zero-order chi connectivity index (χ0) is 16.1. The van der Waals surface area contributed by atoms with Crippen molar-refractivity contribution in [3.05, 3.63) is 70.8 Å². The number of aliphatic hydroxyl groups is 1. The molecule has 0 fully saturated rings. The molecule has 0 aliphatic heterocycles. The van der Waals surface area contributed by atoms with Crippen LogP contribution < -0.4 is 0 Å². The molecule has 1 N–H and O–H groups in total. The molecule has 1 atom stereocenters. The first-order chi connectivity index (χ1) is 10.5. The van der Waals surface area contributed by atoms with Gasteiger partial charge in [0.05, 0.1) is 6.10 Å². The van der Waals surface area contributed by atoms with Crippen LogP contribution in [0.1, 0.15) is 42.2 Å². The van der Waals surface area contributed by atoms with Gasteiger partial charge in [-0.25, -0.2) is 0 Å². The summed E-state index contributed by atoms with van der Waals surface area (Å²) in [6, 6.07) is 17.0. The van der Waals surface area contributed by atoms with Gasteiger partial charge in [-0.1, -0.05) is 48.5 Å². The number of aliphatic hydroxyl groups excluding tert-OH is 1. The lowest BCUT2D eigenvalue weighted by atomic mass is 10.0. The fourth-order valence-electron chi connectivity index (χ4n) is 2.58. The van der Waals surface area contributed by atoms with Crippen molar-refractivity contribution in [3.8, 4) is 0 Å². The number of rotatable bonds is 6. The number of benzene rings is 2. The molecule has 0 aromatic heterocycles. The van der Waals surface area contributed by atoms with Crippen LogP contribution in [0.15, 0.2) is 48.5 Å². The van der Waals surface area contributed by atoms with Gasteiger partial charge in [0.1, 0.15) is 0 Å². The van der Waals surface area contributed by atoms with Crippen LogP contribution in [-0.2, 0) is 6.54 Å². The third-order valence-electron chi connectivity index (χ3n) is 4.28. The van der Waals surface area contributed by atoms with Gasteiger partial charge in [0.2, 0.25) is 0 Å². The van der Waals surface area contributed by atoms with Crippen LogP contribution in [0.25, 0.3) is 0 Å². The summed E-state index contributed by atoms with van der Waals surface area (Å²) in [5, 5.41) is 10.6. The molecule has 0 aliphatic carbocycles. The van der Waals surface area contributed by atoms with Crippen molar-refractivity contribution in [2.75, 3.05) is 6.54 Å². The number of nitrogens with zero attached hydrogens (tertiary/aromatic N) is 1. The van der Waals surface area contributed by atoms with E-state index in [1.54, 1.807) is 0 Å². The Morgan fingerprint density at radius 2 is 1.64 bits per heavy atom. The molecule has 0 spiro atoms. The van der Waals surface area contributed by atoms with Gasteiger partial charge in [-0.2, -0.15) is 0 Å². The number of aryl methyl sites for hydroxylation is 2. The van der Waals surface area contributed by atoms with Crippen LogP contribution in [0.3, 0.4) is 0 Å². The minimum absolute atomic E-state index is 0.390. The maximum atomic E-state index is 10.6. The topological polar surface area (TPSA) is 23.5 Å². The minimum atomic E-state index is -0.453. The molecular weight excluding hydrogens is 270 g/mol. The molecule has 2 rings (SSSR count). The van der Waals surface area contributed by atoms with Crippen LogP contribution in [0, 0.1) is 13.8 Å². The second-order valence-electron chi connectivity index (χ2n) is 6.37. The molecule has 2 aromatic carbocycles. The summed E-state index contributed by atoms with van der Waals surface area (Å²) >= 11 is 0. The molecule has 2 nitrogen and oxygen atoms in total. The maximum Gasteiger partial charge on any atom is 0.0917 e. The van der Waals surface area contributed by atoms with Gasteiger partial charge in [-0.3, -0.25) is 4.90 Å². The first-order valence-electron chi connectivity index (χ1n) is 8.00. The Hall–Kier alpha value is -1.64. The highest BCUT2D eigenvalue weighted by Gasteiger charge is 2.17. The molecule has 1 unspecified atom stereocenters. The van der Waals surface area contributed by atoms with Crippen LogP contribution >= 0.6 is 0 Å². The van der Waals surface area contributed by atoms with E-state index in [1.807, 2.05) is 12.1 Å². The van der Waals surface area contributed by atoms with Crippen molar-refractivity contribution >= 4 is 0 Å². The Labute approximate surface area is 134 Å². The van der Waals surface area contributed by atoms with Gasteiger partial charge in [-0.15, -0.1) is 0 Å². The van der Waals surface area contributed by atoms with Crippen LogP contribution in [0.5, 0.6) is 0 Å². The first-order valence-corrected chi connectivity index (χ1v) is 8.00. The largest absolute Gasteiger partial charge is 0.387 e. The van der Waals surface area contributed by atoms with E-state index in [0.717, 1.165) is 12.1 Å². The Bertz CT molecular complexity index is 592. The summed E-state index contributed by atoms with van der Waals surface area (Å²) in [5.74, 6) is 0. The molecule has 0 aliphatic rings. The second kappa shape index (κ2) is 7.57. The molecular formula is C20H27NO.